The topological polar surface area (TPSA) is 3.24 Å². The van der Waals surface area contributed by atoms with Crippen LogP contribution in [0.2, 0.25) is 0 Å². The Bertz CT molecular complexity index is 2070. The van der Waals surface area contributed by atoms with E-state index in [2.05, 4.69) is 182 Å². The van der Waals surface area contributed by atoms with E-state index in [9.17, 15) is 0 Å². The molecule has 0 aliphatic heterocycles. The van der Waals surface area contributed by atoms with Crippen LogP contribution in [0.25, 0.3) is 50.2 Å². The summed E-state index contributed by atoms with van der Waals surface area (Å²) in [5, 5.41) is 2.47. The summed E-state index contributed by atoms with van der Waals surface area (Å²) in [6, 6.07) is 58.5. The van der Waals surface area contributed by atoms with Crippen LogP contribution in [-0.4, -0.2) is 0 Å². The van der Waals surface area contributed by atoms with Crippen LogP contribution in [0.5, 0.6) is 0 Å². The van der Waals surface area contributed by atoms with Crippen molar-refractivity contribution in [2.45, 2.75) is 6.92 Å². The quantitative estimate of drug-likeness (QED) is 0.186. The highest BCUT2D eigenvalue weighted by molar-refractivity contribution is 5.96. The number of anilines is 3. The van der Waals surface area contributed by atoms with E-state index in [4.69, 9.17) is 0 Å². The lowest BCUT2D eigenvalue weighted by molar-refractivity contribution is 1.29. The van der Waals surface area contributed by atoms with E-state index in [1.807, 2.05) is 6.08 Å². The lowest BCUT2D eigenvalue weighted by atomic mass is 9.92. The van der Waals surface area contributed by atoms with Crippen molar-refractivity contribution in [2.75, 3.05) is 4.90 Å². The Labute approximate surface area is 260 Å². The first-order valence-corrected chi connectivity index (χ1v) is 15.1. The van der Waals surface area contributed by atoms with Gasteiger partial charge in [0.1, 0.15) is 0 Å². The number of aryl methyl sites for hydroxylation is 1. The molecule has 0 saturated heterocycles. The third-order valence-electron chi connectivity index (χ3n) is 8.47. The Morgan fingerprint density at radius 3 is 1.66 bits per heavy atom. The van der Waals surface area contributed by atoms with E-state index in [1.54, 1.807) is 0 Å². The maximum absolute atomic E-state index is 4.05. The van der Waals surface area contributed by atoms with Gasteiger partial charge in [-0.3, -0.25) is 0 Å². The minimum atomic E-state index is 1.11. The minimum Gasteiger partial charge on any atom is -0.310 e. The fraction of sp³-hybridized carbons (Fsp3) is 0.0233. The number of hydrogen-bond donors (Lipinski definition) is 0. The third-order valence-corrected chi connectivity index (χ3v) is 8.47. The van der Waals surface area contributed by atoms with Gasteiger partial charge in [0.25, 0.3) is 0 Å². The highest BCUT2D eigenvalue weighted by Gasteiger charge is 2.16. The van der Waals surface area contributed by atoms with Crippen molar-refractivity contribution in [3.63, 3.8) is 0 Å². The van der Waals surface area contributed by atoms with Crippen LogP contribution in [0.4, 0.5) is 17.1 Å². The summed E-state index contributed by atoms with van der Waals surface area (Å²) < 4.78 is 0. The molecule has 0 spiro atoms. The lowest BCUT2D eigenvalue weighted by Gasteiger charge is -2.26. The van der Waals surface area contributed by atoms with E-state index >= 15 is 0 Å². The lowest BCUT2D eigenvalue weighted by Crippen LogP contribution is -2.09. The molecule has 0 bridgehead atoms. The fourth-order valence-electron chi connectivity index (χ4n) is 6.23. The summed E-state index contributed by atoms with van der Waals surface area (Å²) in [7, 11) is 0. The molecule has 0 fully saturated rings. The molecule has 7 aromatic carbocycles. The van der Waals surface area contributed by atoms with Gasteiger partial charge in [0.2, 0.25) is 0 Å². The molecule has 0 aliphatic rings. The van der Waals surface area contributed by atoms with E-state index in [0.717, 1.165) is 22.6 Å². The predicted octanol–water partition coefficient (Wildman–Crippen LogP) is 12.3. The van der Waals surface area contributed by atoms with Crippen molar-refractivity contribution in [3.05, 3.63) is 181 Å². The zero-order valence-corrected chi connectivity index (χ0v) is 24.8. The predicted molar refractivity (Wildman–Crippen MR) is 190 cm³/mol. The summed E-state index contributed by atoms with van der Waals surface area (Å²) in [4.78, 5) is 2.34. The molecular weight excluding hydrogens is 530 g/mol. The van der Waals surface area contributed by atoms with Gasteiger partial charge in [-0.25, -0.2) is 0 Å². The number of hydrogen-bond acceptors (Lipinski definition) is 1. The van der Waals surface area contributed by atoms with Crippen LogP contribution in [0.15, 0.2) is 170 Å². The van der Waals surface area contributed by atoms with Crippen molar-refractivity contribution in [2.24, 2.45) is 0 Å². The van der Waals surface area contributed by atoms with Gasteiger partial charge in [-0.1, -0.05) is 140 Å². The second-order valence-corrected chi connectivity index (χ2v) is 11.1. The Morgan fingerprint density at radius 1 is 0.455 bits per heavy atom. The molecule has 0 amide bonds. The molecule has 1 nitrogen and oxygen atoms in total. The van der Waals surface area contributed by atoms with Crippen LogP contribution < -0.4 is 4.90 Å². The van der Waals surface area contributed by atoms with Gasteiger partial charge in [-0.15, -0.1) is 0 Å². The number of fused-ring (bicyclic) bond motifs is 1. The molecular formula is C43H33N. The molecule has 0 N–H and O–H groups in total. The first kappa shape index (κ1) is 27.2. The van der Waals surface area contributed by atoms with Crippen molar-refractivity contribution in [1.29, 1.82) is 0 Å². The molecule has 0 unspecified atom stereocenters. The van der Waals surface area contributed by atoms with E-state index in [0.29, 0.717) is 0 Å². The molecule has 0 radical (unpaired) electrons. The number of benzene rings is 7. The monoisotopic (exact) mass is 563 g/mol. The summed E-state index contributed by atoms with van der Waals surface area (Å²) in [6.45, 7) is 6.28. The van der Waals surface area contributed by atoms with Gasteiger partial charge in [0.15, 0.2) is 0 Å². The van der Waals surface area contributed by atoms with Gasteiger partial charge >= 0.3 is 0 Å². The maximum atomic E-state index is 4.05. The van der Waals surface area contributed by atoms with E-state index in [-0.39, 0.29) is 0 Å². The fourth-order valence-corrected chi connectivity index (χ4v) is 6.23. The summed E-state index contributed by atoms with van der Waals surface area (Å²) >= 11 is 0. The Kier molecular flexibility index (Phi) is 7.36. The zero-order chi connectivity index (χ0) is 29.9. The van der Waals surface area contributed by atoms with Gasteiger partial charge in [-0.2, -0.15) is 0 Å². The van der Waals surface area contributed by atoms with Crippen molar-refractivity contribution in [3.8, 4) is 33.4 Å². The normalized spacial score (nSPS) is 10.9. The molecule has 1 heteroatoms. The molecule has 0 aromatic heterocycles. The van der Waals surface area contributed by atoms with Crippen LogP contribution in [-0.2, 0) is 0 Å². The van der Waals surface area contributed by atoms with Crippen LogP contribution in [0.3, 0.4) is 0 Å². The standard InChI is InChI=1S/C43H33N/c1-3-32-14-10-11-19-40(32)39-29-25-35-24-28-38(30-43(35)31(39)2)44(36-17-8-5-9-18-36)37-26-22-34(23-27-37)42-21-13-12-20-41(42)33-15-6-4-7-16-33/h3-30H,1H2,2H3. The molecule has 44 heavy (non-hydrogen) atoms. The maximum Gasteiger partial charge on any atom is 0.0468 e. The minimum absolute atomic E-state index is 1.11. The van der Waals surface area contributed by atoms with Gasteiger partial charge < -0.3 is 4.90 Å². The number of rotatable bonds is 7. The van der Waals surface area contributed by atoms with Gasteiger partial charge in [0, 0.05) is 17.1 Å². The molecule has 0 heterocycles. The van der Waals surface area contributed by atoms with Crippen LogP contribution in [0.1, 0.15) is 11.1 Å². The van der Waals surface area contributed by atoms with E-state index in [1.165, 1.54) is 49.7 Å². The number of nitrogens with zero attached hydrogens (tertiary/aromatic N) is 1. The molecule has 210 valence electrons. The Balaban J connectivity index is 1.33. The highest BCUT2D eigenvalue weighted by Crippen LogP contribution is 2.40. The highest BCUT2D eigenvalue weighted by atomic mass is 15.1. The Hall–Kier alpha value is -5.66. The number of para-hydroxylation sites is 1. The zero-order valence-electron chi connectivity index (χ0n) is 24.8. The Morgan fingerprint density at radius 2 is 0.977 bits per heavy atom. The molecule has 0 aliphatic carbocycles. The van der Waals surface area contributed by atoms with Crippen molar-refractivity contribution < 1.29 is 0 Å². The van der Waals surface area contributed by atoms with E-state index < -0.39 is 0 Å². The smallest absolute Gasteiger partial charge is 0.0468 e. The second-order valence-electron chi connectivity index (χ2n) is 11.1. The molecule has 7 aromatic rings. The van der Waals surface area contributed by atoms with Crippen molar-refractivity contribution in [1.82, 2.24) is 0 Å². The molecule has 0 saturated carbocycles. The largest absolute Gasteiger partial charge is 0.310 e. The third kappa shape index (κ3) is 5.10. The average molecular weight is 564 g/mol. The average Bonchev–Trinajstić information content (AvgIpc) is 3.10. The van der Waals surface area contributed by atoms with Crippen LogP contribution in [0, 0.1) is 6.92 Å². The molecule has 7 rings (SSSR count). The molecule has 0 atom stereocenters. The second kappa shape index (κ2) is 11.9. The summed E-state index contributed by atoms with van der Waals surface area (Å²) in [5.41, 5.74) is 13.1. The van der Waals surface area contributed by atoms with Crippen LogP contribution >= 0.6 is 0 Å². The summed E-state index contributed by atoms with van der Waals surface area (Å²) in [5.74, 6) is 0. The first-order valence-electron chi connectivity index (χ1n) is 15.1. The SMILES string of the molecule is C=Cc1ccccc1-c1ccc2ccc(N(c3ccccc3)c3ccc(-c4ccccc4-c4ccccc4)cc3)cc2c1C. The first-order chi connectivity index (χ1) is 21.7. The van der Waals surface area contributed by atoms with Gasteiger partial charge in [-0.05, 0) is 98.6 Å². The van der Waals surface area contributed by atoms with Gasteiger partial charge in [0.05, 0.1) is 0 Å². The summed E-state index contributed by atoms with van der Waals surface area (Å²) in [6.07, 6.45) is 1.94. The van der Waals surface area contributed by atoms with Crippen molar-refractivity contribution >= 4 is 33.9 Å².